The SMILES string of the molecule is CC(=O)N1CCCCN2[C@H](CO)[C@H](c3ccc(Br)cc3)[C@@H]2C1. The minimum Gasteiger partial charge on any atom is -0.395 e. The van der Waals surface area contributed by atoms with Gasteiger partial charge in [-0.05, 0) is 37.1 Å². The van der Waals surface area contributed by atoms with E-state index < -0.39 is 0 Å². The van der Waals surface area contributed by atoms with Crippen LogP contribution in [0.5, 0.6) is 0 Å². The minimum absolute atomic E-state index is 0.156. The third-order valence-electron chi connectivity index (χ3n) is 5.07. The molecule has 4 nitrogen and oxygen atoms in total. The van der Waals surface area contributed by atoms with E-state index in [4.69, 9.17) is 0 Å². The number of hydrogen-bond donors (Lipinski definition) is 1. The first-order chi connectivity index (χ1) is 10.6. The second-order valence-electron chi connectivity index (χ2n) is 6.30. The summed E-state index contributed by atoms with van der Waals surface area (Å²) in [6, 6.07) is 8.87. The largest absolute Gasteiger partial charge is 0.395 e. The Kier molecular flexibility index (Phi) is 4.85. The van der Waals surface area contributed by atoms with Crippen LogP contribution < -0.4 is 0 Å². The fraction of sp³-hybridized carbons (Fsp3) is 0.588. The second kappa shape index (κ2) is 6.69. The first-order valence-electron chi connectivity index (χ1n) is 7.99. The van der Waals surface area contributed by atoms with E-state index in [1.807, 2.05) is 4.90 Å². The second-order valence-corrected chi connectivity index (χ2v) is 7.22. The van der Waals surface area contributed by atoms with E-state index in [1.165, 1.54) is 5.56 Å². The van der Waals surface area contributed by atoms with E-state index in [-0.39, 0.29) is 18.6 Å². The molecule has 0 spiro atoms. The zero-order chi connectivity index (χ0) is 15.7. The lowest BCUT2D eigenvalue weighted by Gasteiger charge is -2.57. The molecule has 0 radical (unpaired) electrons. The number of nitrogens with zero attached hydrogens (tertiary/aromatic N) is 2. The van der Waals surface area contributed by atoms with Crippen molar-refractivity contribution < 1.29 is 9.90 Å². The predicted molar refractivity (Wildman–Crippen MR) is 89.7 cm³/mol. The molecule has 0 saturated carbocycles. The van der Waals surface area contributed by atoms with Crippen molar-refractivity contribution in [1.29, 1.82) is 0 Å². The lowest BCUT2D eigenvalue weighted by Crippen LogP contribution is -2.67. The van der Waals surface area contributed by atoms with Crippen LogP contribution in [0.2, 0.25) is 0 Å². The number of fused-ring (bicyclic) bond motifs is 1. The highest BCUT2D eigenvalue weighted by Crippen LogP contribution is 2.42. The Balaban J connectivity index is 1.84. The van der Waals surface area contributed by atoms with Crippen LogP contribution >= 0.6 is 15.9 Å². The van der Waals surface area contributed by atoms with E-state index in [0.29, 0.717) is 12.0 Å². The molecule has 0 aromatic heterocycles. The van der Waals surface area contributed by atoms with Crippen molar-refractivity contribution in [1.82, 2.24) is 9.80 Å². The first-order valence-corrected chi connectivity index (χ1v) is 8.78. The number of carbonyl (C=O) groups is 1. The summed E-state index contributed by atoms with van der Waals surface area (Å²) >= 11 is 3.47. The third-order valence-corrected chi connectivity index (χ3v) is 5.60. The normalized spacial score (nSPS) is 29.2. The molecule has 1 aromatic carbocycles. The minimum atomic E-state index is 0.156. The van der Waals surface area contributed by atoms with E-state index in [2.05, 4.69) is 45.1 Å². The quantitative estimate of drug-likeness (QED) is 0.872. The van der Waals surface area contributed by atoms with Gasteiger partial charge in [0.25, 0.3) is 0 Å². The van der Waals surface area contributed by atoms with Crippen molar-refractivity contribution in [3.05, 3.63) is 34.3 Å². The molecule has 2 aliphatic heterocycles. The molecule has 2 saturated heterocycles. The van der Waals surface area contributed by atoms with Crippen LogP contribution in [0.4, 0.5) is 0 Å². The molecular formula is C17H23BrN2O2. The van der Waals surface area contributed by atoms with Crippen molar-refractivity contribution in [2.75, 3.05) is 26.2 Å². The Morgan fingerprint density at radius 2 is 1.95 bits per heavy atom. The fourth-order valence-electron chi connectivity index (χ4n) is 3.91. The van der Waals surface area contributed by atoms with Crippen molar-refractivity contribution in [3.8, 4) is 0 Å². The Morgan fingerprint density at radius 1 is 1.27 bits per heavy atom. The number of carbonyl (C=O) groups excluding carboxylic acids is 1. The van der Waals surface area contributed by atoms with E-state index in [0.717, 1.165) is 36.9 Å². The fourth-order valence-corrected chi connectivity index (χ4v) is 4.18. The summed E-state index contributed by atoms with van der Waals surface area (Å²) < 4.78 is 1.07. The lowest BCUT2D eigenvalue weighted by atomic mass is 9.74. The Labute approximate surface area is 140 Å². The van der Waals surface area contributed by atoms with Crippen LogP contribution in [0.15, 0.2) is 28.7 Å². The molecule has 5 heteroatoms. The molecular weight excluding hydrogens is 344 g/mol. The Bertz CT molecular complexity index is 534. The molecule has 1 amide bonds. The molecule has 3 atom stereocenters. The monoisotopic (exact) mass is 366 g/mol. The molecule has 2 aliphatic rings. The van der Waals surface area contributed by atoms with Gasteiger partial charge in [0.2, 0.25) is 5.91 Å². The summed E-state index contributed by atoms with van der Waals surface area (Å²) in [5, 5.41) is 9.82. The van der Waals surface area contributed by atoms with Gasteiger partial charge >= 0.3 is 0 Å². The molecule has 120 valence electrons. The Morgan fingerprint density at radius 3 is 2.59 bits per heavy atom. The molecule has 1 N–H and O–H groups in total. The van der Waals surface area contributed by atoms with Gasteiger partial charge in [-0.1, -0.05) is 28.1 Å². The first kappa shape index (κ1) is 16.0. The zero-order valence-corrected chi connectivity index (χ0v) is 14.5. The molecule has 2 heterocycles. The van der Waals surface area contributed by atoms with E-state index in [9.17, 15) is 9.90 Å². The number of benzene rings is 1. The topological polar surface area (TPSA) is 43.8 Å². The van der Waals surface area contributed by atoms with Crippen LogP contribution in [0.3, 0.4) is 0 Å². The van der Waals surface area contributed by atoms with Crippen LogP contribution in [0, 0.1) is 0 Å². The van der Waals surface area contributed by atoms with Crippen molar-refractivity contribution >= 4 is 21.8 Å². The number of aliphatic hydroxyl groups is 1. The molecule has 22 heavy (non-hydrogen) atoms. The number of amides is 1. The van der Waals surface area contributed by atoms with Crippen LogP contribution in [-0.4, -0.2) is 59.1 Å². The summed E-state index contributed by atoms with van der Waals surface area (Å²) in [4.78, 5) is 16.2. The maximum atomic E-state index is 11.8. The van der Waals surface area contributed by atoms with Crippen molar-refractivity contribution in [2.45, 2.75) is 37.8 Å². The van der Waals surface area contributed by atoms with Crippen LogP contribution in [0.25, 0.3) is 0 Å². The van der Waals surface area contributed by atoms with Gasteiger partial charge in [-0.2, -0.15) is 0 Å². The van der Waals surface area contributed by atoms with Gasteiger partial charge < -0.3 is 10.0 Å². The molecule has 0 bridgehead atoms. The van der Waals surface area contributed by atoms with E-state index in [1.54, 1.807) is 6.92 Å². The van der Waals surface area contributed by atoms with Gasteiger partial charge in [-0.15, -0.1) is 0 Å². The average molecular weight is 367 g/mol. The summed E-state index contributed by atoms with van der Waals surface area (Å²) in [5.74, 6) is 0.460. The van der Waals surface area contributed by atoms with Gasteiger partial charge in [0.15, 0.2) is 0 Å². The average Bonchev–Trinajstić information content (AvgIpc) is 2.47. The maximum Gasteiger partial charge on any atom is 0.219 e. The summed E-state index contributed by atoms with van der Waals surface area (Å²) in [6.07, 6.45) is 2.13. The standard InChI is InChI=1S/C17H23BrN2O2/c1-12(22)19-8-2-3-9-20-15(10-19)17(16(20)11-21)13-4-6-14(18)7-5-13/h4-7,15-17,21H,2-3,8-11H2,1H3/t15-,16+,17+/m0/s1. The van der Waals surface area contributed by atoms with Crippen molar-refractivity contribution in [3.63, 3.8) is 0 Å². The molecule has 0 unspecified atom stereocenters. The van der Waals surface area contributed by atoms with Gasteiger partial charge in [0.05, 0.1) is 6.61 Å². The smallest absolute Gasteiger partial charge is 0.219 e. The molecule has 2 fully saturated rings. The molecule has 3 rings (SSSR count). The van der Waals surface area contributed by atoms with E-state index >= 15 is 0 Å². The highest BCUT2D eigenvalue weighted by atomic mass is 79.9. The number of rotatable bonds is 2. The van der Waals surface area contributed by atoms with Crippen LogP contribution in [0.1, 0.15) is 31.2 Å². The summed E-state index contributed by atoms with van der Waals surface area (Å²) in [6.45, 7) is 4.48. The predicted octanol–water partition coefficient (Wildman–Crippen LogP) is 2.22. The zero-order valence-electron chi connectivity index (χ0n) is 12.9. The summed E-state index contributed by atoms with van der Waals surface area (Å²) in [7, 11) is 0. The Hall–Kier alpha value is -0.910. The third kappa shape index (κ3) is 2.94. The lowest BCUT2D eigenvalue weighted by molar-refractivity contribution is -0.134. The highest BCUT2D eigenvalue weighted by molar-refractivity contribution is 9.10. The number of hydrogen-bond acceptors (Lipinski definition) is 3. The van der Waals surface area contributed by atoms with Gasteiger partial charge in [0, 0.05) is 42.5 Å². The highest BCUT2D eigenvalue weighted by Gasteiger charge is 2.49. The van der Waals surface area contributed by atoms with Crippen molar-refractivity contribution in [2.24, 2.45) is 0 Å². The summed E-state index contributed by atoms with van der Waals surface area (Å²) in [5.41, 5.74) is 1.26. The maximum absolute atomic E-state index is 11.8. The van der Waals surface area contributed by atoms with Gasteiger partial charge in [-0.3, -0.25) is 9.69 Å². The molecule has 0 aliphatic carbocycles. The number of halogens is 1. The molecule has 1 aromatic rings. The number of aliphatic hydroxyl groups excluding tert-OH is 1. The van der Waals surface area contributed by atoms with Gasteiger partial charge in [-0.25, -0.2) is 0 Å². The van der Waals surface area contributed by atoms with Crippen LogP contribution in [-0.2, 0) is 4.79 Å². The van der Waals surface area contributed by atoms with Gasteiger partial charge in [0.1, 0.15) is 0 Å².